The average Bonchev–Trinajstić information content (AvgIpc) is 2.82. The first-order valence-corrected chi connectivity index (χ1v) is 11.5. The van der Waals surface area contributed by atoms with Crippen molar-refractivity contribution < 1.29 is 14.3 Å². The van der Waals surface area contributed by atoms with E-state index in [0.717, 1.165) is 63.8 Å². The second-order valence-electron chi connectivity index (χ2n) is 8.19. The number of ether oxygens (including phenoxy) is 1. The Hall–Kier alpha value is -2.66. The van der Waals surface area contributed by atoms with Crippen LogP contribution in [0.4, 0.5) is 5.69 Å². The van der Waals surface area contributed by atoms with Gasteiger partial charge in [0.25, 0.3) is 6.47 Å². The van der Waals surface area contributed by atoms with Crippen LogP contribution in [-0.2, 0) is 20.7 Å². The van der Waals surface area contributed by atoms with Crippen molar-refractivity contribution in [3.05, 3.63) is 66.2 Å². The van der Waals surface area contributed by atoms with Crippen molar-refractivity contribution in [3.8, 4) is 0 Å². The zero-order chi connectivity index (χ0) is 21.7. The highest BCUT2D eigenvalue weighted by atomic mass is 16.5. The topological polar surface area (TPSA) is 49.9 Å². The lowest BCUT2D eigenvalue weighted by Crippen LogP contribution is -2.48. The van der Waals surface area contributed by atoms with E-state index in [1.54, 1.807) is 0 Å². The van der Waals surface area contributed by atoms with Gasteiger partial charge in [0.1, 0.15) is 0 Å². The summed E-state index contributed by atoms with van der Waals surface area (Å²) in [4.78, 5) is 27.9. The third kappa shape index (κ3) is 7.51. The highest BCUT2D eigenvalue weighted by molar-refractivity contribution is 5.93. The molecule has 2 aromatic carbocycles. The summed E-state index contributed by atoms with van der Waals surface area (Å²) >= 11 is 0. The number of carbonyl (C=O) groups is 2. The van der Waals surface area contributed by atoms with Crippen LogP contribution in [0.1, 0.15) is 44.1 Å². The SMILES string of the molecule is O=COCCCCCC(=O)N(c1ccccc1)C1CCN(CCc2ccccc2)CC1. The summed E-state index contributed by atoms with van der Waals surface area (Å²) in [6.45, 7) is 4.03. The molecule has 0 spiro atoms. The number of carbonyl (C=O) groups excluding carboxylic acids is 2. The Labute approximate surface area is 186 Å². The number of benzene rings is 2. The van der Waals surface area contributed by atoms with Crippen molar-refractivity contribution in [2.24, 2.45) is 0 Å². The minimum absolute atomic E-state index is 0.199. The number of hydrogen-bond donors (Lipinski definition) is 0. The normalized spacial score (nSPS) is 14.8. The summed E-state index contributed by atoms with van der Waals surface area (Å²) in [7, 11) is 0. The standard InChI is InChI=1S/C26H34N2O3/c29-22-31-21-9-3-8-14-26(30)28(24-12-6-2-7-13-24)25-16-19-27(20-17-25)18-15-23-10-4-1-5-11-23/h1-2,4-7,10-13,22,25H,3,8-9,14-21H2. The summed E-state index contributed by atoms with van der Waals surface area (Å²) < 4.78 is 4.73. The van der Waals surface area contributed by atoms with Crippen LogP contribution in [0.2, 0.25) is 0 Å². The molecule has 0 atom stereocenters. The summed E-state index contributed by atoms with van der Waals surface area (Å²) in [5.41, 5.74) is 2.38. The Bertz CT molecular complexity index is 774. The molecule has 0 bridgehead atoms. The van der Waals surface area contributed by atoms with Crippen LogP contribution in [0, 0.1) is 0 Å². The maximum atomic E-state index is 13.1. The molecule has 3 rings (SSSR count). The lowest BCUT2D eigenvalue weighted by molar-refractivity contribution is -0.129. The van der Waals surface area contributed by atoms with E-state index in [4.69, 9.17) is 4.74 Å². The predicted molar refractivity (Wildman–Crippen MR) is 124 cm³/mol. The highest BCUT2D eigenvalue weighted by Crippen LogP contribution is 2.25. The first kappa shape index (κ1) is 23.0. The van der Waals surface area contributed by atoms with Crippen LogP contribution in [0.5, 0.6) is 0 Å². The van der Waals surface area contributed by atoms with Crippen LogP contribution in [0.3, 0.4) is 0 Å². The van der Waals surface area contributed by atoms with Gasteiger partial charge in [0.15, 0.2) is 0 Å². The molecule has 1 aliphatic rings. The van der Waals surface area contributed by atoms with Gasteiger partial charge in [0.05, 0.1) is 6.61 Å². The van der Waals surface area contributed by atoms with Gasteiger partial charge in [-0.1, -0.05) is 48.5 Å². The Morgan fingerprint density at radius 3 is 2.32 bits per heavy atom. The minimum atomic E-state index is 0.199. The van der Waals surface area contributed by atoms with Crippen LogP contribution in [0.15, 0.2) is 60.7 Å². The smallest absolute Gasteiger partial charge is 0.293 e. The molecular formula is C26H34N2O3. The third-order valence-corrected chi connectivity index (χ3v) is 6.01. The van der Waals surface area contributed by atoms with Gasteiger partial charge >= 0.3 is 0 Å². The molecule has 0 saturated carbocycles. The predicted octanol–water partition coefficient (Wildman–Crippen LogP) is 4.46. The zero-order valence-electron chi connectivity index (χ0n) is 18.3. The van der Waals surface area contributed by atoms with E-state index in [1.807, 2.05) is 35.2 Å². The lowest BCUT2D eigenvalue weighted by atomic mass is 10.0. The van der Waals surface area contributed by atoms with Crippen molar-refractivity contribution in [2.45, 2.75) is 51.0 Å². The Morgan fingerprint density at radius 1 is 0.968 bits per heavy atom. The van der Waals surface area contributed by atoms with E-state index in [1.165, 1.54) is 5.56 Å². The maximum absolute atomic E-state index is 13.1. The van der Waals surface area contributed by atoms with E-state index < -0.39 is 0 Å². The first-order valence-electron chi connectivity index (χ1n) is 11.5. The second-order valence-corrected chi connectivity index (χ2v) is 8.19. The van der Waals surface area contributed by atoms with E-state index in [9.17, 15) is 9.59 Å². The van der Waals surface area contributed by atoms with Gasteiger partial charge in [0, 0.05) is 37.8 Å². The fraction of sp³-hybridized carbons (Fsp3) is 0.462. The van der Waals surface area contributed by atoms with Crippen LogP contribution in [-0.4, -0.2) is 49.6 Å². The first-order chi connectivity index (χ1) is 15.3. The van der Waals surface area contributed by atoms with Gasteiger partial charge in [-0.3, -0.25) is 9.59 Å². The molecule has 1 amide bonds. The van der Waals surface area contributed by atoms with Gasteiger partial charge in [-0.25, -0.2) is 0 Å². The third-order valence-electron chi connectivity index (χ3n) is 6.01. The summed E-state index contributed by atoms with van der Waals surface area (Å²) in [5, 5.41) is 0. The lowest BCUT2D eigenvalue weighted by Gasteiger charge is -2.38. The molecule has 0 aliphatic carbocycles. The molecule has 0 unspecified atom stereocenters. The molecule has 0 radical (unpaired) electrons. The van der Waals surface area contributed by atoms with Crippen LogP contribution >= 0.6 is 0 Å². The number of nitrogens with zero attached hydrogens (tertiary/aromatic N) is 2. The maximum Gasteiger partial charge on any atom is 0.293 e. The molecule has 166 valence electrons. The number of rotatable bonds is 12. The van der Waals surface area contributed by atoms with Gasteiger partial charge in [-0.15, -0.1) is 0 Å². The van der Waals surface area contributed by atoms with E-state index >= 15 is 0 Å². The van der Waals surface area contributed by atoms with Crippen LogP contribution in [0.25, 0.3) is 0 Å². The summed E-state index contributed by atoms with van der Waals surface area (Å²) in [5.74, 6) is 0.199. The number of anilines is 1. The van der Waals surface area contributed by atoms with E-state index in [2.05, 4.69) is 35.2 Å². The average molecular weight is 423 g/mol. The molecule has 1 saturated heterocycles. The van der Waals surface area contributed by atoms with Crippen molar-refractivity contribution in [1.29, 1.82) is 0 Å². The summed E-state index contributed by atoms with van der Waals surface area (Å²) in [6.07, 6.45) is 6.12. The Balaban J connectivity index is 1.51. The second kappa shape index (κ2) is 12.9. The zero-order valence-corrected chi connectivity index (χ0v) is 18.3. The molecule has 5 nitrogen and oxygen atoms in total. The molecule has 1 aliphatic heterocycles. The number of hydrogen-bond acceptors (Lipinski definition) is 4. The fourth-order valence-corrected chi connectivity index (χ4v) is 4.29. The molecule has 5 heteroatoms. The number of likely N-dealkylation sites (tertiary alicyclic amines) is 1. The summed E-state index contributed by atoms with van der Waals surface area (Å²) in [6, 6.07) is 21.0. The van der Waals surface area contributed by atoms with Gasteiger partial charge in [-0.2, -0.15) is 0 Å². The highest BCUT2D eigenvalue weighted by Gasteiger charge is 2.28. The Kier molecular flexibility index (Phi) is 9.58. The fourth-order valence-electron chi connectivity index (χ4n) is 4.29. The molecule has 2 aromatic rings. The molecule has 0 aromatic heterocycles. The van der Waals surface area contributed by atoms with Crippen molar-refractivity contribution in [3.63, 3.8) is 0 Å². The molecular weight excluding hydrogens is 388 g/mol. The van der Waals surface area contributed by atoms with Gasteiger partial charge in [0.2, 0.25) is 5.91 Å². The molecule has 0 N–H and O–H groups in total. The van der Waals surface area contributed by atoms with Gasteiger partial charge in [-0.05, 0) is 56.2 Å². The largest absolute Gasteiger partial charge is 0.468 e. The van der Waals surface area contributed by atoms with Crippen molar-refractivity contribution in [2.75, 3.05) is 31.1 Å². The molecule has 1 fully saturated rings. The number of amides is 1. The van der Waals surface area contributed by atoms with Crippen LogP contribution < -0.4 is 4.90 Å². The Morgan fingerprint density at radius 2 is 1.65 bits per heavy atom. The number of unbranched alkanes of at least 4 members (excludes halogenated alkanes) is 2. The number of piperidine rings is 1. The van der Waals surface area contributed by atoms with E-state index in [-0.39, 0.29) is 11.9 Å². The minimum Gasteiger partial charge on any atom is -0.468 e. The molecule has 1 heterocycles. The van der Waals surface area contributed by atoms with Gasteiger partial charge < -0.3 is 14.5 Å². The number of para-hydroxylation sites is 1. The van der Waals surface area contributed by atoms with E-state index in [0.29, 0.717) is 19.5 Å². The quantitative estimate of drug-likeness (QED) is 0.374. The van der Waals surface area contributed by atoms with Crippen molar-refractivity contribution in [1.82, 2.24) is 4.90 Å². The van der Waals surface area contributed by atoms with Crippen molar-refractivity contribution >= 4 is 18.1 Å². The monoisotopic (exact) mass is 422 g/mol. The molecule has 31 heavy (non-hydrogen) atoms.